The van der Waals surface area contributed by atoms with Gasteiger partial charge in [0, 0.05) is 14.7 Å². The van der Waals surface area contributed by atoms with Crippen molar-refractivity contribution < 1.29 is 12.0 Å². The van der Waals surface area contributed by atoms with Crippen LogP contribution in [0, 0.1) is 6.92 Å². The minimum Gasteiger partial charge on any atom is -0.203 e. The largest absolute Gasteiger partial charge is 0.307 e. The van der Waals surface area contributed by atoms with Gasteiger partial charge in [-0.1, -0.05) is 102 Å². The van der Waals surface area contributed by atoms with Crippen LogP contribution in [-0.4, -0.2) is 8.42 Å². The fourth-order valence-corrected chi connectivity index (χ4v) is 12.0. The molecule has 5 heteroatoms. The summed E-state index contributed by atoms with van der Waals surface area (Å²) in [5, 5.41) is 0. The maximum Gasteiger partial charge on any atom is 0.307 e. The van der Waals surface area contributed by atoms with Crippen LogP contribution in [0.25, 0.3) is 0 Å². The van der Waals surface area contributed by atoms with Crippen molar-refractivity contribution in [2.75, 3.05) is 0 Å². The van der Waals surface area contributed by atoms with Crippen LogP contribution in [-0.2, 0) is 52.3 Å². The molecular weight excluding hydrogens is 557 g/mol. The Balaban J connectivity index is 2.28. The van der Waals surface area contributed by atoms with Crippen molar-refractivity contribution in [1.82, 2.24) is 0 Å². The molecule has 0 aliphatic carbocycles. The summed E-state index contributed by atoms with van der Waals surface area (Å²) in [4.78, 5) is 3.17. The van der Waals surface area contributed by atoms with Gasteiger partial charge in [0.25, 0.3) is 0 Å². The van der Waals surface area contributed by atoms with Gasteiger partial charge in [-0.3, -0.25) is 0 Å². The van der Waals surface area contributed by atoms with Gasteiger partial charge in [0.2, 0.25) is 0 Å². The molecule has 0 bridgehead atoms. The van der Waals surface area contributed by atoms with Crippen molar-refractivity contribution in [1.29, 1.82) is 0 Å². The highest BCUT2D eigenvalue weighted by atomic mass is 32.3. The molecule has 0 heterocycles. The SMILES string of the molecule is CCc1cc(CC)c(S(OS(=O)(=O)c2ccc(C)cc2)(c2ccccc2)c2c(CC)cc(CC)cc2CC)c(CC)c1. The maximum absolute atomic E-state index is 14.5. The van der Waals surface area contributed by atoms with E-state index in [1.165, 1.54) is 11.1 Å². The molecule has 42 heavy (non-hydrogen) atoms. The first-order valence-electron chi connectivity index (χ1n) is 15.4. The Morgan fingerprint density at radius 1 is 0.524 bits per heavy atom. The summed E-state index contributed by atoms with van der Waals surface area (Å²) in [5.41, 5.74) is 8.18. The van der Waals surface area contributed by atoms with Crippen LogP contribution in [0.3, 0.4) is 0 Å². The molecule has 0 N–H and O–H groups in total. The number of rotatable bonds is 12. The van der Waals surface area contributed by atoms with E-state index in [1.807, 2.05) is 37.3 Å². The van der Waals surface area contributed by atoms with Crippen LogP contribution >= 0.6 is 10.3 Å². The van der Waals surface area contributed by atoms with Crippen LogP contribution in [0.5, 0.6) is 0 Å². The second kappa shape index (κ2) is 13.6. The first kappa shape index (κ1) is 32.1. The lowest BCUT2D eigenvalue weighted by molar-refractivity contribution is 0.507. The van der Waals surface area contributed by atoms with Gasteiger partial charge in [-0.05, 0) is 113 Å². The smallest absolute Gasteiger partial charge is 0.203 e. The Labute approximate surface area is 256 Å². The Bertz CT molecular complexity index is 1510. The third-order valence-corrected chi connectivity index (χ3v) is 13.6. The molecule has 0 saturated heterocycles. The molecule has 3 nitrogen and oxygen atoms in total. The zero-order chi connectivity index (χ0) is 30.5. The average molecular weight is 603 g/mol. The Kier molecular flexibility index (Phi) is 10.4. The van der Waals surface area contributed by atoms with E-state index in [9.17, 15) is 8.42 Å². The van der Waals surface area contributed by atoms with Crippen LogP contribution < -0.4 is 0 Å². The average Bonchev–Trinajstić information content (AvgIpc) is 3.02. The number of benzene rings is 4. The van der Waals surface area contributed by atoms with Gasteiger partial charge >= 0.3 is 10.1 Å². The molecule has 4 aromatic rings. The van der Waals surface area contributed by atoms with Gasteiger partial charge in [0.15, 0.2) is 0 Å². The quantitative estimate of drug-likeness (QED) is 0.162. The van der Waals surface area contributed by atoms with Crippen molar-refractivity contribution in [3.05, 3.63) is 118 Å². The first-order valence-corrected chi connectivity index (χ1v) is 18.4. The predicted octanol–water partition coefficient (Wildman–Crippen LogP) is 9.97. The van der Waals surface area contributed by atoms with Gasteiger partial charge < -0.3 is 0 Å². The van der Waals surface area contributed by atoms with Crippen LogP contribution in [0.4, 0.5) is 0 Å². The second-order valence-electron chi connectivity index (χ2n) is 10.8. The lowest BCUT2D eigenvalue weighted by Crippen LogP contribution is -2.20. The van der Waals surface area contributed by atoms with E-state index < -0.39 is 20.4 Å². The van der Waals surface area contributed by atoms with Crippen molar-refractivity contribution >= 4 is 20.4 Å². The molecule has 0 unspecified atom stereocenters. The molecule has 0 aliphatic heterocycles. The van der Waals surface area contributed by atoms with Gasteiger partial charge in [-0.25, -0.2) is 3.63 Å². The van der Waals surface area contributed by atoms with Crippen molar-refractivity contribution in [3.8, 4) is 0 Å². The summed E-state index contributed by atoms with van der Waals surface area (Å²) < 4.78 is 36.0. The topological polar surface area (TPSA) is 43.4 Å². The molecule has 0 saturated carbocycles. The highest BCUT2D eigenvalue weighted by Crippen LogP contribution is 2.73. The molecule has 224 valence electrons. The zero-order valence-corrected chi connectivity index (χ0v) is 27.9. The molecule has 0 radical (unpaired) electrons. The van der Waals surface area contributed by atoms with Gasteiger partial charge in [0.05, 0.1) is 4.90 Å². The van der Waals surface area contributed by atoms with Crippen molar-refractivity contribution in [2.45, 2.75) is 107 Å². The molecule has 0 aliphatic rings. The van der Waals surface area contributed by atoms with E-state index in [0.29, 0.717) is 0 Å². The number of hydrogen-bond acceptors (Lipinski definition) is 3. The summed E-state index contributed by atoms with van der Waals surface area (Å²) in [6.45, 7) is 15.0. The van der Waals surface area contributed by atoms with E-state index >= 15 is 0 Å². The minimum atomic E-state index is -4.17. The standard InChI is InChI=1S/C37H46O3S2/c1-8-28-23-30(10-3)36(31(11-4)24-28)41(34-17-15-14-16-18-34,40-42(38,39)35-21-19-27(7)20-22-35)37-32(12-5)25-29(9-2)26-33(37)13-6/h14-26H,8-13H2,1-7H3. The Morgan fingerprint density at radius 3 is 1.29 bits per heavy atom. The summed E-state index contributed by atoms with van der Waals surface area (Å²) in [7, 11) is -6.93. The number of hydrogen-bond donors (Lipinski definition) is 0. The summed E-state index contributed by atoms with van der Waals surface area (Å²) in [6, 6.07) is 26.3. The van der Waals surface area contributed by atoms with Crippen LogP contribution in [0.1, 0.15) is 80.5 Å². The summed E-state index contributed by atoms with van der Waals surface area (Å²) >= 11 is 0. The Hall–Kier alpha value is -2.86. The molecule has 0 spiro atoms. The van der Waals surface area contributed by atoms with Gasteiger partial charge in [-0.15, -0.1) is 0 Å². The second-order valence-corrected chi connectivity index (χ2v) is 15.1. The molecule has 0 atom stereocenters. The third kappa shape index (κ3) is 6.10. The maximum atomic E-state index is 14.5. The summed E-state index contributed by atoms with van der Waals surface area (Å²) in [5.74, 6) is 0. The molecule has 0 amide bonds. The fraction of sp³-hybridized carbons (Fsp3) is 0.351. The van der Waals surface area contributed by atoms with Crippen LogP contribution in [0.2, 0.25) is 0 Å². The lowest BCUT2D eigenvalue weighted by atomic mass is 10.0. The Morgan fingerprint density at radius 2 is 0.929 bits per heavy atom. The zero-order valence-electron chi connectivity index (χ0n) is 26.3. The van der Waals surface area contributed by atoms with E-state index in [0.717, 1.165) is 81.0 Å². The van der Waals surface area contributed by atoms with E-state index in [1.54, 1.807) is 12.1 Å². The fourth-order valence-electron chi connectivity index (χ4n) is 5.79. The number of aryl methyl sites for hydroxylation is 7. The highest BCUT2D eigenvalue weighted by Gasteiger charge is 2.43. The highest BCUT2D eigenvalue weighted by molar-refractivity contribution is 8.33. The molecule has 0 fully saturated rings. The van der Waals surface area contributed by atoms with Gasteiger partial charge in [-0.2, -0.15) is 8.42 Å². The van der Waals surface area contributed by atoms with Gasteiger partial charge in [0.1, 0.15) is 0 Å². The van der Waals surface area contributed by atoms with E-state index in [-0.39, 0.29) is 4.90 Å². The third-order valence-electron chi connectivity index (χ3n) is 8.10. The van der Waals surface area contributed by atoms with Crippen molar-refractivity contribution in [3.63, 3.8) is 0 Å². The van der Waals surface area contributed by atoms with Crippen LogP contribution in [0.15, 0.2) is 98.4 Å². The van der Waals surface area contributed by atoms with Crippen molar-refractivity contribution in [2.24, 2.45) is 0 Å². The molecule has 4 aromatic carbocycles. The lowest BCUT2D eigenvalue weighted by Gasteiger charge is -2.44. The minimum absolute atomic E-state index is 0.184. The normalized spacial score (nSPS) is 12.5. The first-order chi connectivity index (χ1) is 20.2. The monoisotopic (exact) mass is 602 g/mol. The molecule has 4 rings (SSSR count). The van der Waals surface area contributed by atoms with E-state index in [4.69, 9.17) is 3.63 Å². The van der Waals surface area contributed by atoms with E-state index in [2.05, 4.69) is 77.9 Å². The molecular formula is C37H46O3S2. The summed E-state index contributed by atoms with van der Waals surface area (Å²) in [6.07, 6.45) is 4.96. The molecule has 0 aromatic heterocycles. The predicted molar refractivity (Wildman–Crippen MR) is 177 cm³/mol.